The second-order valence-corrected chi connectivity index (χ2v) is 15.5. The van der Waals surface area contributed by atoms with Crippen molar-refractivity contribution in [2.24, 2.45) is 11.8 Å². The molecule has 4 aromatic rings. The quantitative estimate of drug-likeness (QED) is 0.0797. The molecule has 1 aliphatic heterocycles. The van der Waals surface area contributed by atoms with Crippen LogP contribution < -0.4 is 10.6 Å². The molecule has 0 radical (unpaired) electrons. The predicted molar refractivity (Wildman–Crippen MR) is 224 cm³/mol. The molecule has 1 fully saturated rings. The Hall–Kier alpha value is -5.50. The number of alkyl carbamates (subject to hydrolysis) is 1. The molecule has 61 heavy (non-hydrogen) atoms. The number of carbonyl (C=O) groups is 4. The number of Topliss-reactive ketones (excluding diaryl/α,β-unsaturated/α-hetero) is 1. The average molecular weight is 843 g/mol. The molecule has 4 aromatic carbocycles. The molecule has 0 aromatic heterocycles. The fourth-order valence-corrected chi connectivity index (χ4v) is 7.19. The maximum absolute atomic E-state index is 17.2. The zero-order chi connectivity index (χ0) is 43.8. The summed E-state index contributed by atoms with van der Waals surface area (Å²) < 4.78 is 64.0. The van der Waals surface area contributed by atoms with Crippen molar-refractivity contribution in [2.75, 3.05) is 0 Å². The van der Waals surface area contributed by atoms with Crippen molar-refractivity contribution in [2.45, 2.75) is 116 Å². The molecule has 0 saturated carbocycles. The molecule has 1 aliphatic rings. The van der Waals surface area contributed by atoms with Gasteiger partial charge < -0.3 is 34.3 Å². The van der Waals surface area contributed by atoms with E-state index in [1.54, 1.807) is 54.6 Å². The smallest absolute Gasteiger partial charge is 0.408 e. The summed E-state index contributed by atoms with van der Waals surface area (Å²) >= 11 is 0. The molecule has 13 heteroatoms. The number of ketones is 1. The minimum Gasteiger partial charge on any atom is -0.459 e. The van der Waals surface area contributed by atoms with Crippen molar-refractivity contribution in [3.63, 3.8) is 0 Å². The van der Waals surface area contributed by atoms with E-state index in [2.05, 4.69) is 10.6 Å². The van der Waals surface area contributed by atoms with Gasteiger partial charge >= 0.3 is 12.1 Å². The van der Waals surface area contributed by atoms with E-state index in [1.807, 2.05) is 80.6 Å². The van der Waals surface area contributed by atoms with E-state index in [1.165, 1.54) is 13.8 Å². The number of alkyl halides is 2. The molecule has 11 nitrogen and oxygen atoms in total. The topological polar surface area (TPSA) is 138 Å². The van der Waals surface area contributed by atoms with Crippen LogP contribution in [0.5, 0.6) is 0 Å². The Kier molecular flexibility index (Phi) is 17.5. The van der Waals surface area contributed by atoms with Crippen LogP contribution in [0.25, 0.3) is 0 Å². The molecule has 0 unspecified atom stereocenters. The Morgan fingerprint density at radius 1 is 0.672 bits per heavy atom. The van der Waals surface area contributed by atoms with E-state index in [0.717, 1.165) is 16.7 Å². The number of ether oxygens (including phenoxy) is 5. The summed E-state index contributed by atoms with van der Waals surface area (Å²) in [5.41, 5.74) is 3.00. The predicted octanol–water partition coefficient (Wildman–Crippen LogP) is 8.13. The molecule has 0 spiro atoms. The summed E-state index contributed by atoms with van der Waals surface area (Å²) in [7, 11) is 0. The molecular formula is C48H56F2N2O9. The highest BCUT2D eigenvalue weighted by molar-refractivity contribution is 5.92. The van der Waals surface area contributed by atoms with Crippen molar-refractivity contribution in [1.82, 2.24) is 10.6 Å². The summed E-state index contributed by atoms with van der Waals surface area (Å²) in [5, 5.41) is 4.90. The fourth-order valence-electron chi connectivity index (χ4n) is 7.19. The van der Waals surface area contributed by atoms with Crippen LogP contribution in [-0.2, 0) is 64.5 Å². The van der Waals surface area contributed by atoms with Crippen LogP contribution in [-0.4, -0.2) is 66.2 Å². The zero-order valence-corrected chi connectivity index (χ0v) is 35.0. The minimum absolute atomic E-state index is 0.00344. The van der Waals surface area contributed by atoms with E-state index >= 15 is 8.78 Å². The third kappa shape index (κ3) is 14.0. The van der Waals surface area contributed by atoms with Gasteiger partial charge in [-0.15, -0.1) is 0 Å². The fraction of sp³-hybridized carbons (Fsp3) is 0.417. The number of hydrogen-bond donors (Lipinski definition) is 2. The number of esters is 1. The number of benzene rings is 4. The molecule has 1 saturated heterocycles. The lowest BCUT2D eigenvalue weighted by atomic mass is 9.83. The molecule has 0 aliphatic carbocycles. The number of halogens is 2. The Labute approximate surface area is 356 Å². The molecule has 2 N–H and O–H groups in total. The van der Waals surface area contributed by atoms with Crippen molar-refractivity contribution in [3.05, 3.63) is 144 Å². The highest BCUT2D eigenvalue weighted by atomic mass is 19.3. The Balaban J connectivity index is 1.35. The Morgan fingerprint density at radius 3 is 1.62 bits per heavy atom. The minimum atomic E-state index is -3.79. The lowest BCUT2D eigenvalue weighted by molar-refractivity contribution is -0.285. The highest BCUT2D eigenvalue weighted by Crippen LogP contribution is 2.41. The Morgan fingerprint density at radius 2 is 1.13 bits per heavy atom. The number of amides is 2. The summed E-state index contributed by atoms with van der Waals surface area (Å²) in [6.07, 6.45) is -7.16. The van der Waals surface area contributed by atoms with Gasteiger partial charge in [-0.1, -0.05) is 142 Å². The van der Waals surface area contributed by atoms with Gasteiger partial charge in [0.1, 0.15) is 31.5 Å². The first kappa shape index (κ1) is 46.6. The third-order valence-electron chi connectivity index (χ3n) is 10.7. The van der Waals surface area contributed by atoms with Crippen LogP contribution >= 0.6 is 0 Å². The monoisotopic (exact) mass is 842 g/mol. The Bertz CT molecular complexity index is 1970. The number of nitrogens with one attached hydrogen (secondary N) is 2. The first-order valence-electron chi connectivity index (χ1n) is 20.7. The first-order chi connectivity index (χ1) is 29.3. The van der Waals surface area contributed by atoms with Crippen molar-refractivity contribution < 1.29 is 51.6 Å². The van der Waals surface area contributed by atoms with Gasteiger partial charge in [0.05, 0.1) is 31.5 Å². The number of carbonyl (C=O) groups excluding carboxylic acids is 4. The lowest BCUT2D eigenvalue weighted by Crippen LogP contribution is -2.62. The van der Waals surface area contributed by atoms with Gasteiger partial charge in [0.15, 0.2) is 5.78 Å². The largest absolute Gasteiger partial charge is 0.459 e. The van der Waals surface area contributed by atoms with Gasteiger partial charge in [0, 0.05) is 24.7 Å². The third-order valence-corrected chi connectivity index (χ3v) is 10.7. The normalized spacial score (nSPS) is 20.4. The highest BCUT2D eigenvalue weighted by Gasteiger charge is 2.56. The van der Waals surface area contributed by atoms with E-state index in [9.17, 15) is 19.2 Å². The summed E-state index contributed by atoms with van der Waals surface area (Å²) in [4.78, 5) is 53.1. The van der Waals surface area contributed by atoms with Crippen LogP contribution in [0.4, 0.5) is 13.6 Å². The molecule has 2 amide bonds. The van der Waals surface area contributed by atoms with E-state index in [0.29, 0.717) is 12.0 Å². The first-order valence-corrected chi connectivity index (χ1v) is 20.7. The van der Waals surface area contributed by atoms with Crippen molar-refractivity contribution in [3.8, 4) is 0 Å². The van der Waals surface area contributed by atoms with Crippen LogP contribution in [0.3, 0.4) is 0 Å². The van der Waals surface area contributed by atoms with Crippen molar-refractivity contribution >= 4 is 23.8 Å². The van der Waals surface area contributed by atoms with Gasteiger partial charge in [-0.05, 0) is 35.6 Å². The summed E-state index contributed by atoms with van der Waals surface area (Å²) in [6, 6.07) is 33.3. The van der Waals surface area contributed by atoms with Crippen LogP contribution in [0.15, 0.2) is 121 Å². The second-order valence-electron chi connectivity index (χ2n) is 15.5. The second kappa shape index (κ2) is 22.9. The average Bonchev–Trinajstić information content (AvgIpc) is 3.27. The van der Waals surface area contributed by atoms with Gasteiger partial charge in [-0.3, -0.25) is 9.59 Å². The molecule has 0 bridgehead atoms. The molecule has 8 atom stereocenters. The zero-order valence-electron chi connectivity index (χ0n) is 35.0. The van der Waals surface area contributed by atoms with Crippen LogP contribution in [0, 0.1) is 11.8 Å². The molecular weight excluding hydrogens is 787 g/mol. The maximum Gasteiger partial charge on any atom is 0.408 e. The van der Waals surface area contributed by atoms with E-state index in [-0.39, 0.29) is 32.3 Å². The summed E-state index contributed by atoms with van der Waals surface area (Å²) in [6.45, 7) is 6.51. The molecule has 326 valence electrons. The maximum atomic E-state index is 17.2. The van der Waals surface area contributed by atoms with Crippen LogP contribution in [0.2, 0.25) is 0 Å². The van der Waals surface area contributed by atoms with Gasteiger partial charge in [-0.25, -0.2) is 18.4 Å². The lowest BCUT2D eigenvalue weighted by Gasteiger charge is -2.48. The SMILES string of the molecule is CC[C@H]1O[C@@H](C(F)(F)C[C@H](NC(=O)OCc2ccccc2)C(=O)C[C@@H](C)C(=O)N[C@@H](C)C(=O)OCc2ccccc2)[C@H](OCc2ccccc2)[C@@H](OCc2ccccc2)[C@H]1C. The summed E-state index contributed by atoms with van der Waals surface area (Å²) in [5.74, 6) is -7.46. The standard InChI is InChI=1S/C48H56F2N2O9/c1-5-41-33(3)42(57-28-35-18-10-6-11-19-35)43(58-29-36-20-12-7-13-21-36)44(61-41)48(49,50)27-39(52-47(56)60-31-38-24-16-9-17-25-38)40(53)26-32(2)45(54)51-34(4)46(55)59-30-37-22-14-8-15-23-37/h6-25,32-34,39,41-44H,5,26-31H2,1-4H3,(H,51,54)(H,52,56)/t32-,33+,34+,39+,41-,42+,43-,44-/m1/s1. The van der Waals surface area contributed by atoms with E-state index in [4.69, 9.17) is 23.7 Å². The van der Waals surface area contributed by atoms with Gasteiger partial charge in [-0.2, -0.15) is 0 Å². The molecule has 5 rings (SSSR count). The van der Waals surface area contributed by atoms with Gasteiger partial charge in [0.25, 0.3) is 5.92 Å². The number of rotatable bonds is 21. The van der Waals surface area contributed by atoms with Crippen LogP contribution in [0.1, 0.15) is 69.2 Å². The van der Waals surface area contributed by atoms with Crippen molar-refractivity contribution in [1.29, 1.82) is 0 Å². The van der Waals surface area contributed by atoms with Gasteiger partial charge in [0.2, 0.25) is 5.91 Å². The van der Waals surface area contributed by atoms with E-state index < -0.39 is 84.9 Å². The number of hydrogen-bond acceptors (Lipinski definition) is 9. The molecule has 1 heterocycles.